The van der Waals surface area contributed by atoms with Crippen LogP contribution in [0.5, 0.6) is 0 Å². The highest BCUT2D eigenvalue weighted by Crippen LogP contribution is 2.14. The van der Waals surface area contributed by atoms with E-state index in [1.165, 1.54) is 11.6 Å². The Kier molecular flexibility index (Phi) is 4.99. The number of aromatic carboxylic acids is 1. The van der Waals surface area contributed by atoms with E-state index in [1.54, 1.807) is 18.3 Å². The molecule has 0 aliphatic rings. The Bertz CT molecular complexity index is 619. The normalized spacial score (nSPS) is 10.3. The molecule has 21 heavy (non-hydrogen) atoms. The van der Waals surface area contributed by atoms with Crippen molar-refractivity contribution in [1.82, 2.24) is 10.6 Å². The second kappa shape index (κ2) is 6.94. The highest BCUT2D eigenvalue weighted by molar-refractivity contribution is 7.07. The zero-order valence-corrected chi connectivity index (χ0v) is 12.3. The summed E-state index contributed by atoms with van der Waals surface area (Å²) in [4.78, 5) is 22.5. The number of amides is 2. The molecule has 0 aromatic carbocycles. The number of carboxylic acids is 1. The molecule has 2 aromatic rings. The van der Waals surface area contributed by atoms with Crippen molar-refractivity contribution in [2.45, 2.75) is 19.9 Å². The van der Waals surface area contributed by atoms with Gasteiger partial charge in [-0.2, -0.15) is 11.3 Å². The fourth-order valence-electron chi connectivity index (χ4n) is 1.83. The molecule has 0 saturated carbocycles. The number of carboxylic acid groups (broad SMARTS) is 1. The molecular formula is C14H16N2O4S. The molecule has 0 bridgehead atoms. The van der Waals surface area contributed by atoms with E-state index in [1.807, 2.05) is 16.8 Å². The molecule has 0 radical (unpaired) electrons. The summed E-state index contributed by atoms with van der Waals surface area (Å²) in [6.07, 6.45) is 0.778. The van der Waals surface area contributed by atoms with Gasteiger partial charge in [-0.1, -0.05) is 0 Å². The van der Waals surface area contributed by atoms with Crippen LogP contribution in [0.4, 0.5) is 4.79 Å². The Morgan fingerprint density at radius 1 is 1.38 bits per heavy atom. The number of urea groups is 1. The van der Waals surface area contributed by atoms with Crippen molar-refractivity contribution in [3.05, 3.63) is 45.5 Å². The lowest BCUT2D eigenvalue weighted by atomic mass is 10.2. The first-order chi connectivity index (χ1) is 10.1. The molecule has 2 heterocycles. The summed E-state index contributed by atoms with van der Waals surface area (Å²) in [5.41, 5.74) is 1.30. The van der Waals surface area contributed by atoms with Crippen molar-refractivity contribution in [2.75, 3.05) is 6.54 Å². The Hall–Kier alpha value is -2.28. The molecule has 0 spiro atoms. The lowest BCUT2D eigenvalue weighted by molar-refractivity contribution is 0.0695. The fourth-order valence-corrected chi connectivity index (χ4v) is 2.53. The maximum atomic E-state index is 11.6. The van der Waals surface area contributed by atoms with E-state index in [9.17, 15) is 9.59 Å². The van der Waals surface area contributed by atoms with Gasteiger partial charge in [0.05, 0.1) is 6.54 Å². The molecule has 3 N–H and O–H groups in total. The van der Waals surface area contributed by atoms with Crippen LogP contribution in [0.2, 0.25) is 0 Å². The molecule has 0 aliphatic heterocycles. The van der Waals surface area contributed by atoms with Gasteiger partial charge in [0.1, 0.15) is 17.1 Å². The van der Waals surface area contributed by atoms with Gasteiger partial charge in [0.15, 0.2) is 0 Å². The van der Waals surface area contributed by atoms with Gasteiger partial charge >= 0.3 is 12.0 Å². The molecule has 0 aliphatic carbocycles. The van der Waals surface area contributed by atoms with Gasteiger partial charge in [0, 0.05) is 6.54 Å². The van der Waals surface area contributed by atoms with Crippen molar-refractivity contribution < 1.29 is 19.1 Å². The van der Waals surface area contributed by atoms with Crippen molar-refractivity contribution >= 4 is 23.3 Å². The minimum absolute atomic E-state index is 0.115. The highest BCUT2D eigenvalue weighted by Gasteiger charge is 2.13. The predicted octanol–water partition coefficient (Wildman–Crippen LogP) is 2.39. The Balaban J connectivity index is 1.73. The van der Waals surface area contributed by atoms with Crippen LogP contribution >= 0.6 is 11.3 Å². The van der Waals surface area contributed by atoms with Crippen LogP contribution in [0.1, 0.15) is 27.4 Å². The van der Waals surface area contributed by atoms with Gasteiger partial charge in [-0.05, 0) is 41.8 Å². The van der Waals surface area contributed by atoms with E-state index in [4.69, 9.17) is 9.52 Å². The average Bonchev–Trinajstić information content (AvgIpc) is 3.06. The van der Waals surface area contributed by atoms with E-state index in [2.05, 4.69) is 10.6 Å². The third-order valence-corrected chi connectivity index (χ3v) is 3.63. The quantitative estimate of drug-likeness (QED) is 0.764. The maximum Gasteiger partial charge on any atom is 0.339 e. The summed E-state index contributed by atoms with van der Waals surface area (Å²) in [5, 5.41) is 18.3. The second-order valence-corrected chi connectivity index (χ2v) is 5.26. The van der Waals surface area contributed by atoms with Crippen molar-refractivity contribution in [2.24, 2.45) is 0 Å². The van der Waals surface area contributed by atoms with E-state index in [0.29, 0.717) is 18.1 Å². The van der Waals surface area contributed by atoms with Crippen LogP contribution in [-0.4, -0.2) is 23.7 Å². The van der Waals surface area contributed by atoms with Crippen LogP contribution in [0, 0.1) is 6.92 Å². The standard InChI is InChI=1S/C14H16N2O4S/c1-9-12(13(17)18)6-11(20-9)7-16-14(19)15-4-2-10-3-5-21-8-10/h3,5-6,8H,2,4,7H2,1H3,(H,17,18)(H2,15,16,19). The molecule has 2 aromatic heterocycles. The largest absolute Gasteiger partial charge is 0.478 e. The number of aryl methyl sites for hydroxylation is 1. The summed E-state index contributed by atoms with van der Waals surface area (Å²) >= 11 is 1.62. The molecule has 0 unspecified atom stereocenters. The first-order valence-electron chi connectivity index (χ1n) is 6.41. The van der Waals surface area contributed by atoms with E-state index in [-0.39, 0.29) is 18.1 Å². The highest BCUT2D eigenvalue weighted by atomic mass is 32.1. The fraction of sp³-hybridized carbons (Fsp3) is 0.286. The van der Waals surface area contributed by atoms with Crippen molar-refractivity contribution in [1.29, 1.82) is 0 Å². The predicted molar refractivity (Wildman–Crippen MR) is 78.7 cm³/mol. The van der Waals surface area contributed by atoms with Crippen LogP contribution in [0.3, 0.4) is 0 Å². The van der Waals surface area contributed by atoms with Gasteiger partial charge in [-0.25, -0.2) is 9.59 Å². The topological polar surface area (TPSA) is 91.6 Å². The summed E-state index contributed by atoms with van der Waals surface area (Å²) in [6.45, 7) is 2.27. The monoisotopic (exact) mass is 308 g/mol. The molecule has 112 valence electrons. The molecule has 0 fully saturated rings. The third kappa shape index (κ3) is 4.35. The zero-order valence-electron chi connectivity index (χ0n) is 11.5. The number of rotatable bonds is 6. The van der Waals surface area contributed by atoms with Gasteiger partial charge in [-0.3, -0.25) is 0 Å². The Morgan fingerprint density at radius 3 is 2.81 bits per heavy atom. The molecule has 6 nitrogen and oxygen atoms in total. The molecule has 0 saturated heterocycles. The van der Waals surface area contributed by atoms with Gasteiger partial charge in [0.25, 0.3) is 0 Å². The smallest absolute Gasteiger partial charge is 0.339 e. The van der Waals surface area contributed by atoms with Crippen LogP contribution in [0.15, 0.2) is 27.3 Å². The molecule has 2 rings (SSSR count). The van der Waals surface area contributed by atoms with Crippen molar-refractivity contribution in [3.63, 3.8) is 0 Å². The van der Waals surface area contributed by atoms with Crippen LogP contribution < -0.4 is 10.6 Å². The number of thiophene rings is 1. The van der Waals surface area contributed by atoms with Crippen molar-refractivity contribution in [3.8, 4) is 0 Å². The van der Waals surface area contributed by atoms with E-state index < -0.39 is 5.97 Å². The van der Waals surface area contributed by atoms with Gasteiger partial charge in [-0.15, -0.1) is 0 Å². The van der Waals surface area contributed by atoms with Gasteiger partial charge < -0.3 is 20.2 Å². The number of nitrogens with one attached hydrogen (secondary N) is 2. The summed E-state index contributed by atoms with van der Waals surface area (Å²) in [7, 11) is 0. The van der Waals surface area contributed by atoms with Crippen LogP contribution in [-0.2, 0) is 13.0 Å². The van der Waals surface area contributed by atoms with E-state index in [0.717, 1.165) is 6.42 Å². The Labute approximate surface area is 125 Å². The lowest BCUT2D eigenvalue weighted by Gasteiger charge is -2.05. The van der Waals surface area contributed by atoms with Gasteiger partial charge in [0.2, 0.25) is 0 Å². The maximum absolute atomic E-state index is 11.6. The van der Waals surface area contributed by atoms with E-state index >= 15 is 0 Å². The zero-order chi connectivity index (χ0) is 15.2. The molecule has 7 heteroatoms. The minimum Gasteiger partial charge on any atom is -0.478 e. The summed E-state index contributed by atoms with van der Waals surface area (Å²) in [6, 6.07) is 3.13. The summed E-state index contributed by atoms with van der Waals surface area (Å²) in [5.74, 6) is -0.294. The molecular weight excluding hydrogens is 292 g/mol. The third-order valence-electron chi connectivity index (χ3n) is 2.90. The molecule has 0 atom stereocenters. The number of hydrogen-bond acceptors (Lipinski definition) is 4. The Morgan fingerprint density at radius 2 is 2.19 bits per heavy atom. The first-order valence-corrected chi connectivity index (χ1v) is 7.36. The van der Waals surface area contributed by atoms with Crippen LogP contribution in [0.25, 0.3) is 0 Å². The minimum atomic E-state index is -1.04. The lowest BCUT2D eigenvalue weighted by Crippen LogP contribution is -2.36. The number of carbonyl (C=O) groups excluding carboxylic acids is 1. The first kappa shape index (κ1) is 15.1. The number of hydrogen-bond donors (Lipinski definition) is 3. The second-order valence-electron chi connectivity index (χ2n) is 4.48. The summed E-state index contributed by atoms with van der Waals surface area (Å²) < 4.78 is 5.27. The SMILES string of the molecule is Cc1oc(CNC(=O)NCCc2ccsc2)cc1C(=O)O. The molecule has 2 amide bonds. The number of furan rings is 1. The number of carbonyl (C=O) groups is 2. The average molecular weight is 308 g/mol.